The Labute approximate surface area is 118 Å². The van der Waals surface area contributed by atoms with Gasteiger partial charge in [-0.3, -0.25) is 0 Å². The van der Waals surface area contributed by atoms with Gasteiger partial charge in [-0.1, -0.05) is 0 Å². The molecule has 1 aliphatic rings. The molecule has 0 amide bonds. The van der Waals surface area contributed by atoms with Crippen molar-refractivity contribution in [2.45, 2.75) is 39.1 Å². The third-order valence-corrected chi connectivity index (χ3v) is 3.22. The topological polar surface area (TPSA) is 54.0 Å². The van der Waals surface area contributed by atoms with Crippen LogP contribution in [0.5, 0.6) is 11.5 Å². The van der Waals surface area contributed by atoms with Gasteiger partial charge in [-0.05, 0) is 26.0 Å². The van der Waals surface area contributed by atoms with Crippen molar-refractivity contribution >= 4 is 5.97 Å². The van der Waals surface area contributed by atoms with Crippen LogP contribution in [-0.2, 0) is 27.3 Å². The lowest BCUT2D eigenvalue weighted by atomic mass is 9.97. The molecule has 1 heterocycles. The van der Waals surface area contributed by atoms with Gasteiger partial charge in [-0.25, -0.2) is 4.79 Å². The van der Waals surface area contributed by atoms with Crippen LogP contribution in [0, 0.1) is 0 Å². The average Bonchev–Trinajstić information content (AvgIpc) is 2.44. The van der Waals surface area contributed by atoms with Crippen molar-refractivity contribution in [3.8, 4) is 11.5 Å². The maximum absolute atomic E-state index is 12.0. The van der Waals surface area contributed by atoms with Crippen molar-refractivity contribution < 1.29 is 23.7 Å². The summed E-state index contributed by atoms with van der Waals surface area (Å²) in [5.74, 6) is 1.15. The molecule has 0 bridgehead atoms. The second kappa shape index (κ2) is 6.13. The zero-order chi connectivity index (χ0) is 14.7. The van der Waals surface area contributed by atoms with Crippen molar-refractivity contribution in [2.24, 2.45) is 0 Å². The first kappa shape index (κ1) is 14.7. The van der Waals surface area contributed by atoms with Crippen LogP contribution in [0.1, 0.15) is 25.0 Å². The lowest BCUT2D eigenvalue weighted by Gasteiger charge is -2.27. The van der Waals surface area contributed by atoms with E-state index < -0.39 is 6.10 Å². The molecule has 1 aliphatic heterocycles. The number of rotatable bonds is 4. The molecule has 0 saturated carbocycles. The molecule has 5 nitrogen and oxygen atoms in total. The fourth-order valence-corrected chi connectivity index (χ4v) is 2.30. The summed E-state index contributed by atoms with van der Waals surface area (Å²) >= 11 is 0. The summed E-state index contributed by atoms with van der Waals surface area (Å²) in [5.41, 5.74) is 1.88. The third-order valence-electron chi connectivity index (χ3n) is 3.22. The molecule has 0 spiro atoms. The van der Waals surface area contributed by atoms with E-state index in [9.17, 15) is 4.79 Å². The fraction of sp³-hybridized carbons (Fsp3) is 0.533. The Morgan fingerprint density at radius 2 is 1.80 bits per heavy atom. The Balaban J connectivity index is 2.26. The quantitative estimate of drug-likeness (QED) is 0.791. The normalized spacial score (nSPS) is 17.6. The molecule has 1 aromatic carbocycles. The van der Waals surface area contributed by atoms with Gasteiger partial charge in [0.1, 0.15) is 11.5 Å². The molecule has 0 aromatic heterocycles. The number of esters is 1. The van der Waals surface area contributed by atoms with E-state index in [1.165, 1.54) is 0 Å². The summed E-state index contributed by atoms with van der Waals surface area (Å²) in [4.78, 5) is 12.0. The summed E-state index contributed by atoms with van der Waals surface area (Å²) in [6, 6.07) is 3.68. The monoisotopic (exact) mass is 280 g/mol. The highest BCUT2D eigenvalue weighted by Gasteiger charge is 2.31. The van der Waals surface area contributed by atoms with Crippen LogP contribution in [0.3, 0.4) is 0 Å². The number of methoxy groups -OCH3 is 2. The van der Waals surface area contributed by atoms with Crippen molar-refractivity contribution in [3.05, 3.63) is 23.3 Å². The summed E-state index contributed by atoms with van der Waals surface area (Å²) in [6.07, 6.45) is -0.313. The van der Waals surface area contributed by atoms with Gasteiger partial charge < -0.3 is 18.9 Å². The molecule has 20 heavy (non-hydrogen) atoms. The Hall–Kier alpha value is -1.75. The number of fused-ring (bicyclic) bond motifs is 1. The van der Waals surface area contributed by atoms with Gasteiger partial charge >= 0.3 is 5.97 Å². The van der Waals surface area contributed by atoms with Crippen molar-refractivity contribution in [1.82, 2.24) is 0 Å². The van der Waals surface area contributed by atoms with E-state index in [4.69, 9.17) is 18.9 Å². The van der Waals surface area contributed by atoms with Gasteiger partial charge in [0.05, 0.1) is 26.9 Å². The van der Waals surface area contributed by atoms with Crippen molar-refractivity contribution in [1.29, 1.82) is 0 Å². The number of hydrogen-bond donors (Lipinski definition) is 0. The molecular weight excluding hydrogens is 260 g/mol. The van der Waals surface area contributed by atoms with Gasteiger partial charge in [0.2, 0.25) is 0 Å². The largest absolute Gasteiger partial charge is 0.496 e. The van der Waals surface area contributed by atoms with Gasteiger partial charge in [0.25, 0.3) is 0 Å². The molecule has 0 saturated heterocycles. The van der Waals surface area contributed by atoms with Crippen LogP contribution in [0.4, 0.5) is 0 Å². The van der Waals surface area contributed by atoms with Crippen LogP contribution in [-0.4, -0.2) is 32.4 Å². The highest BCUT2D eigenvalue weighted by Crippen LogP contribution is 2.35. The van der Waals surface area contributed by atoms with E-state index >= 15 is 0 Å². The first-order valence-electron chi connectivity index (χ1n) is 6.61. The molecule has 0 radical (unpaired) electrons. The van der Waals surface area contributed by atoms with E-state index in [0.29, 0.717) is 13.0 Å². The number of hydrogen-bond acceptors (Lipinski definition) is 5. The minimum absolute atomic E-state index is 0.153. The van der Waals surface area contributed by atoms with Crippen LogP contribution in [0.2, 0.25) is 0 Å². The zero-order valence-corrected chi connectivity index (χ0v) is 12.3. The SMILES string of the molecule is COc1ccc(OC)c2c1COC(C(=O)OC(C)C)C2. The van der Waals surface area contributed by atoms with Gasteiger partial charge in [0, 0.05) is 17.5 Å². The van der Waals surface area contributed by atoms with Gasteiger partial charge in [0.15, 0.2) is 6.10 Å². The molecule has 2 rings (SSSR count). The minimum atomic E-state index is -0.592. The average molecular weight is 280 g/mol. The predicted molar refractivity (Wildman–Crippen MR) is 73.1 cm³/mol. The lowest BCUT2D eigenvalue weighted by Crippen LogP contribution is -2.34. The molecular formula is C15H20O5. The molecule has 110 valence electrons. The number of ether oxygens (including phenoxy) is 4. The van der Waals surface area contributed by atoms with Crippen LogP contribution in [0.15, 0.2) is 12.1 Å². The van der Waals surface area contributed by atoms with E-state index in [1.54, 1.807) is 14.2 Å². The number of benzene rings is 1. The molecule has 1 unspecified atom stereocenters. The second-order valence-corrected chi connectivity index (χ2v) is 4.92. The Bertz CT molecular complexity index is 495. The Kier molecular flexibility index (Phi) is 4.49. The third kappa shape index (κ3) is 2.88. The van der Waals surface area contributed by atoms with E-state index in [0.717, 1.165) is 22.6 Å². The van der Waals surface area contributed by atoms with Gasteiger partial charge in [-0.15, -0.1) is 0 Å². The highest BCUT2D eigenvalue weighted by molar-refractivity contribution is 5.76. The van der Waals surface area contributed by atoms with Gasteiger partial charge in [-0.2, -0.15) is 0 Å². The summed E-state index contributed by atoms with van der Waals surface area (Å²) in [6.45, 7) is 3.95. The molecule has 0 fully saturated rings. The van der Waals surface area contributed by atoms with E-state index in [1.807, 2.05) is 26.0 Å². The van der Waals surface area contributed by atoms with Crippen LogP contribution >= 0.6 is 0 Å². The highest BCUT2D eigenvalue weighted by atomic mass is 16.6. The molecule has 1 atom stereocenters. The maximum atomic E-state index is 12.0. The number of carbonyl (C=O) groups is 1. The van der Waals surface area contributed by atoms with E-state index in [2.05, 4.69) is 0 Å². The maximum Gasteiger partial charge on any atom is 0.335 e. The Morgan fingerprint density at radius 1 is 1.20 bits per heavy atom. The second-order valence-electron chi connectivity index (χ2n) is 4.92. The standard InChI is InChI=1S/C15H20O5/c1-9(2)20-15(16)14-7-10-11(8-19-14)13(18-4)6-5-12(10)17-3/h5-6,9,14H,7-8H2,1-4H3. The van der Waals surface area contributed by atoms with E-state index in [-0.39, 0.29) is 12.1 Å². The minimum Gasteiger partial charge on any atom is -0.496 e. The van der Waals surface area contributed by atoms with Crippen molar-refractivity contribution in [2.75, 3.05) is 14.2 Å². The smallest absolute Gasteiger partial charge is 0.335 e. The molecule has 1 aromatic rings. The Morgan fingerprint density at radius 3 is 2.35 bits per heavy atom. The lowest BCUT2D eigenvalue weighted by molar-refractivity contribution is -0.162. The summed E-state index contributed by atoms with van der Waals surface area (Å²) in [5, 5.41) is 0. The van der Waals surface area contributed by atoms with Crippen LogP contribution in [0.25, 0.3) is 0 Å². The fourth-order valence-electron chi connectivity index (χ4n) is 2.30. The zero-order valence-electron chi connectivity index (χ0n) is 12.3. The predicted octanol–water partition coefficient (Wildman–Crippen LogP) is 2.10. The summed E-state index contributed by atoms with van der Waals surface area (Å²) < 4.78 is 21.5. The first-order chi connectivity index (χ1) is 9.56. The van der Waals surface area contributed by atoms with Crippen molar-refractivity contribution in [3.63, 3.8) is 0 Å². The summed E-state index contributed by atoms with van der Waals surface area (Å²) in [7, 11) is 3.22. The van der Waals surface area contributed by atoms with Crippen LogP contribution < -0.4 is 9.47 Å². The molecule has 0 aliphatic carbocycles. The first-order valence-corrected chi connectivity index (χ1v) is 6.61. The molecule has 0 N–H and O–H groups in total. The number of carbonyl (C=O) groups excluding carboxylic acids is 1. The molecule has 5 heteroatoms.